The zero-order valence-corrected chi connectivity index (χ0v) is 21.7. The van der Waals surface area contributed by atoms with Crippen LogP contribution in [0.1, 0.15) is 37.3 Å². The maximum Gasteiger partial charge on any atom is 0.228 e. The van der Waals surface area contributed by atoms with Crippen LogP contribution in [0.4, 0.5) is 14.5 Å². The highest BCUT2D eigenvalue weighted by Gasteiger charge is 2.51. The summed E-state index contributed by atoms with van der Waals surface area (Å²) in [5.74, 6) is -2.47. The van der Waals surface area contributed by atoms with E-state index in [1.165, 1.54) is 12.1 Å². The number of hydrogen-bond acceptors (Lipinski definition) is 4. The summed E-state index contributed by atoms with van der Waals surface area (Å²) in [7, 11) is 0. The lowest BCUT2D eigenvalue weighted by atomic mass is 9.72. The van der Waals surface area contributed by atoms with E-state index in [0.29, 0.717) is 31.6 Å². The molecule has 5 nitrogen and oxygen atoms in total. The van der Waals surface area contributed by atoms with E-state index < -0.39 is 35.1 Å². The predicted octanol–water partition coefficient (Wildman–Crippen LogP) is 5.15. The number of likely N-dealkylation sites (tertiary alicyclic amines) is 1. The Kier molecular flexibility index (Phi) is 7.85. The number of carbonyl (C=O) groups excluding carboxylic acids is 1. The molecule has 0 spiro atoms. The van der Waals surface area contributed by atoms with Gasteiger partial charge in [-0.1, -0.05) is 43.3 Å². The zero-order chi connectivity index (χ0) is 25.4. The van der Waals surface area contributed by atoms with Crippen LogP contribution in [0.15, 0.2) is 73.1 Å². The summed E-state index contributed by atoms with van der Waals surface area (Å²) in [6, 6.07) is 16.3. The third-order valence-electron chi connectivity index (χ3n) is 8.19. The summed E-state index contributed by atoms with van der Waals surface area (Å²) >= 11 is 0. The van der Waals surface area contributed by atoms with Crippen molar-refractivity contribution in [1.29, 1.82) is 0 Å². The summed E-state index contributed by atoms with van der Waals surface area (Å²) < 4.78 is 28.6. The van der Waals surface area contributed by atoms with Crippen molar-refractivity contribution in [2.75, 3.05) is 24.5 Å². The molecule has 0 radical (unpaired) electrons. The number of hydrogen-bond donors (Lipinski definition) is 1. The number of halogens is 3. The van der Waals surface area contributed by atoms with Gasteiger partial charge in [0.2, 0.25) is 5.91 Å². The van der Waals surface area contributed by atoms with E-state index >= 15 is 0 Å². The highest BCUT2D eigenvalue weighted by atomic mass is 35.5. The highest BCUT2D eigenvalue weighted by molar-refractivity contribution is 5.85. The third-order valence-corrected chi connectivity index (χ3v) is 8.19. The van der Waals surface area contributed by atoms with Crippen molar-refractivity contribution < 1.29 is 18.7 Å². The van der Waals surface area contributed by atoms with Gasteiger partial charge in [-0.05, 0) is 48.6 Å². The maximum absolute atomic E-state index is 14.9. The average molecular weight is 528 g/mol. The number of aliphatic hydroxyl groups is 1. The number of aromatic nitrogens is 1. The molecule has 0 bridgehead atoms. The molecular formula is C29H32ClF2N3O2. The van der Waals surface area contributed by atoms with Gasteiger partial charge in [0.05, 0.1) is 23.8 Å². The van der Waals surface area contributed by atoms with Crippen LogP contribution in [0.25, 0.3) is 0 Å². The zero-order valence-electron chi connectivity index (χ0n) is 20.9. The molecule has 2 aliphatic heterocycles. The van der Waals surface area contributed by atoms with Crippen molar-refractivity contribution in [2.24, 2.45) is 11.8 Å². The van der Waals surface area contributed by atoms with E-state index in [1.807, 2.05) is 61.2 Å². The van der Waals surface area contributed by atoms with Crippen LogP contribution in [0.3, 0.4) is 0 Å². The van der Waals surface area contributed by atoms with E-state index in [2.05, 4.69) is 4.98 Å². The fraction of sp³-hybridized carbons (Fsp3) is 0.379. The first kappa shape index (κ1) is 27.0. The van der Waals surface area contributed by atoms with Crippen molar-refractivity contribution in [3.63, 3.8) is 0 Å². The minimum atomic E-state index is -1.20. The van der Waals surface area contributed by atoms with Gasteiger partial charge in [-0.25, -0.2) is 8.78 Å². The molecule has 3 aromatic rings. The largest absolute Gasteiger partial charge is 0.383 e. The van der Waals surface area contributed by atoms with Gasteiger partial charge in [0, 0.05) is 37.8 Å². The van der Waals surface area contributed by atoms with Gasteiger partial charge < -0.3 is 14.9 Å². The lowest BCUT2D eigenvalue weighted by molar-refractivity contribution is -0.159. The van der Waals surface area contributed by atoms with Crippen molar-refractivity contribution in [3.05, 3.63) is 95.8 Å². The van der Waals surface area contributed by atoms with E-state index in [-0.39, 0.29) is 24.2 Å². The molecule has 196 valence electrons. The number of piperidine rings is 1. The standard InChI is InChI=1S/C29H31F2N3O2.ClH/c1-19-12-14-34(20(2)29(19,36)21-7-4-3-5-8-21)28(35)26-18-33(23-9-6-13-32-16-23)17-25(26)24-11-10-22(30)15-27(24)31;/h3-11,13,15-16,19-20,25-26,36H,12,14,17-18H2,1-2H3;1H/t19-,20-,25-,26+,29-;/m0./s1. The van der Waals surface area contributed by atoms with E-state index in [0.717, 1.165) is 17.3 Å². The first-order valence-electron chi connectivity index (χ1n) is 12.5. The maximum atomic E-state index is 14.9. The van der Waals surface area contributed by atoms with E-state index in [4.69, 9.17) is 0 Å². The molecule has 2 saturated heterocycles. The van der Waals surface area contributed by atoms with Gasteiger partial charge in [0.25, 0.3) is 0 Å². The van der Waals surface area contributed by atoms with Gasteiger partial charge in [-0.2, -0.15) is 0 Å². The van der Waals surface area contributed by atoms with Crippen molar-refractivity contribution >= 4 is 24.0 Å². The molecule has 8 heteroatoms. The molecule has 1 N–H and O–H groups in total. The summed E-state index contributed by atoms with van der Waals surface area (Å²) in [6.45, 7) is 5.21. The second kappa shape index (κ2) is 10.8. The second-order valence-electron chi connectivity index (χ2n) is 10.1. The Balaban J connectivity index is 0.00000320. The number of carbonyl (C=O) groups is 1. The first-order chi connectivity index (χ1) is 17.3. The smallest absolute Gasteiger partial charge is 0.228 e. The Bertz CT molecular complexity index is 1230. The van der Waals surface area contributed by atoms with Crippen LogP contribution in [-0.4, -0.2) is 46.6 Å². The average Bonchev–Trinajstić information content (AvgIpc) is 3.33. The van der Waals surface area contributed by atoms with Gasteiger partial charge in [-0.3, -0.25) is 9.78 Å². The van der Waals surface area contributed by atoms with Gasteiger partial charge in [0.15, 0.2) is 0 Å². The van der Waals surface area contributed by atoms with Crippen molar-refractivity contribution in [3.8, 4) is 0 Å². The lowest BCUT2D eigenvalue weighted by Gasteiger charge is -2.50. The Morgan fingerprint density at radius 3 is 2.49 bits per heavy atom. The second-order valence-corrected chi connectivity index (χ2v) is 10.1. The van der Waals surface area contributed by atoms with Crippen LogP contribution in [-0.2, 0) is 10.4 Å². The molecule has 1 aromatic heterocycles. The van der Waals surface area contributed by atoms with Crippen LogP contribution in [0, 0.1) is 23.5 Å². The Hall–Kier alpha value is -3.03. The molecule has 2 aromatic carbocycles. The Labute approximate surface area is 222 Å². The molecule has 2 fully saturated rings. The molecule has 3 heterocycles. The number of amides is 1. The van der Waals surface area contributed by atoms with Crippen LogP contribution >= 0.6 is 12.4 Å². The van der Waals surface area contributed by atoms with Crippen LogP contribution < -0.4 is 4.90 Å². The number of benzene rings is 2. The first-order valence-corrected chi connectivity index (χ1v) is 12.5. The van der Waals surface area contributed by atoms with E-state index in [9.17, 15) is 18.7 Å². The summed E-state index contributed by atoms with van der Waals surface area (Å²) in [6.07, 6.45) is 4.06. The predicted molar refractivity (Wildman–Crippen MR) is 142 cm³/mol. The minimum absolute atomic E-state index is 0. The van der Waals surface area contributed by atoms with E-state index in [1.54, 1.807) is 17.3 Å². The molecule has 5 rings (SSSR count). The molecular weight excluding hydrogens is 496 g/mol. The molecule has 37 heavy (non-hydrogen) atoms. The molecule has 0 saturated carbocycles. The monoisotopic (exact) mass is 527 g/mol. The van der Waals surface area contributed by atoms with Gasteiger partial charge >= 0.3 is 0 Å². The Morgan fingerprint density at radius 1 is 1.05 bits per heavy atom. The minimum Gasteiger partial charge on any atom is -0.383 e. The van der Waals surface area contributed by atoms with Crippen molar-refractivity contribution in [1.82, 2.24) is 9.88 Å². The fourth-order valence-electron chi connectivity index (χ4n) is 6.06. The molecule has 2 aliphatic rings. The molecule has 0 aliphatic carbocycles. The Morgan fingerprint density at radius 2 is 1.81 bits per heavy atom. The summed E-state index contributed by atoms with van der Waals surface area (Å²) in [5.41, 5.74) is 0.763. The summed E-state index contributed by atoms with van der Waals surface area (Å²) in [4.78, 5) is 22.1. The lowest BCUT2D eigenvalue weighted by Crippen LogP contribution is -2.60. The number of rotatable bonds is 4. The quantitative estimate of drug-likeness (QED) is 0.510. The molecule has 5 atom stereocenters. The SMILES string of the molecule is C[C@@H]1N(C(=O)[C@@H]2CN(c3cccnc3)C[C@H]2c2ccc(F)cc2F)CC[C@H](C)[C@@]1(O)c1ccccc1.Cl. The molecule has 1 amide bonds. The number of anilines is 1. The van der Waals surface area contributed by atoms with Crippen LogP contribution in [0.2, 0.25) is 0 Å². The van der Waals surface area contributed by atoms with Gasteiger partial charge in [0.1, 0.15) is 17.2 Å². The van der Waals surface area contributed by atoms with Crippen molar-refractivity contribution in [2.45, 2.75) is 37.8 Å². The van der Waals surface area contributed by atoms with Gasteiger partial charge in [-0.15, -0.1) is 12.4 Å². The normalized spacial score (nSPS) is 27.6. The topological polar surface area (TPSA) is 56.7 Å². The third kappa shape index (κ3) is 4.82. The van der Waals surface area contributed by atoms with Crippen LogP contribution in [0.5, 0.6) is 0 Å². The fourth-order valence-corrected chi connectivity index (χ4v) is 6.06. The highest BCUT2D eigenvalue weighted by Crippen LogP contribution is 2.44. The number of nitrogens with zero attached hydrogens (tertiary/aromatic N) is 3. The molecule has 0 unspecified atom stereocenters. The number of pyridine rings is 1. The summed E-state index contributed by atoms with van der Waals surface area (Å²) in [5, 5.41) is 11.9.